The molecule has 152 valence electrons. The van der Waals surface area contributed by atoms with Crippen LogP contribution in [0.15, 0.2) is 23.2 Å². The van der Waals surface area contributed by atoms with E-state index in [1.807, 2.05) is 7.05 Å². The number of nitrogens with zero attached hydrogens (tertiary/aromatic N) is 3. The number of hydrogen-bond acceptors (Lipinski definition) is 3. The predicted molar refractivity (Wildman–Crippen MR) is 124 cm³/mol. The van der Waals surface area contributed by atoms with Crippen LogP contribution in [0.25, 0.3) is 0 Å². The van der Waals surface area contributed by atoms with Crippen LogP contribution in [0.4, 0.5) is 0 Å². The van der Waals surface area contributed by atoms with E-state index in [1.54, 1.807) is 0 Å². The summed E-state index contributed by atoms with van der Waals surface area (Å²) in [7, 11) is 1.90. The second-order valence-corrected chi connectivity index (χ2v) is 7.35. The van der Waals surface area contributed by atoms with Gasteiger partial charge in [0.2, 0.25) is 0 Å². The predicted octanol–water partition coefficient (Wildman–Crippen LogP) is 3.02. The van der Waals surface area contributed by atoms with Crippen molar-refractivity contribution in [2.24, 2.45) is 10.9 Å². The van der Waals surface area contributed by atoms with Gasteiger partial charge in [0.15, 0.2) is 5.96 Å². The van der Waals surface area contributed by atoms with Crippen molar-refractivity contribution in [3.05, 3.63) is 29.3 Å². The van der Waals surface area contributed by atoms with Crippen molar-refractivity contribution in [1.82, 2.24) is 15.1 Å². The lowest BCUT2D eigenvalue weighted by Crippen LogP contribution is -2.41. The molecule has 2 aliphatic rings. The zero-order valence-corrected chi connectivity index (χ0v) is 19.4. The number of fused-ring (bicyclic) bond motifs is 1. The zero-order chi connectivity index (χ0) is 18.4. The number of nitrogens with one attached hydrogen (secondary N) is 1. The molecule has 0 radical (unpaired) electrons. The highest BCUT2D eigenvalue weighted by Crippen LogP contribution is 2.26. The SMILES string of the molecule is CCN(CC)CC1CCN(C(=NC)NCCc2ccc3c(c2)CCO3)C1.I. The highest BCUT2D eigenvalue weighted by atomic mass is 127. The van der Waals surface area contributed by atoms with Crippen molar-refractivity contribution in [3.8, 4) is 5.75 Å². The van der Waals surface area contributed by atoms with Crippen molar-refractivity contribution in [2.45, 2.75) is 33.1 Å². The number of likely N-dealkylation sites (tertiary alicyclic amines) is 1. The van der Waals surface area contributed by atoms with Gasteiger partial charge in [-0.05, 0) is 49.0 Å². The molecule has 0 spiro atoms. The molecule has 0 bridgehead atoms. The lowest BCUT2D eigenvalue weighted by Gasteiger charge is -2.24. The first kappa shape index (κ1) is 22.3. The Balaban J connectivity index is 0.00000261. The van der Waals surface area contributed by atoms with Crippen molar-refractivity contribution in [2.75, 3.05) is 52.9 Å². The third-order valence-electron chi connectivity index (χ3n) is 5.66. The van der Waals surface area contributed by atoms with E-state index in [-0.39, 0.29) is 24.0 Å². The Hall–Kier alpha value is -1.02. The van der Waals surface area contributed by atoms with E-state index in [2.05, 4.69) is 52.2 Å². The molecular formula is C21H35IN4O. The summed E-state index contributed by atoms with van der Waals surface area (Å²) in [4.78, 5) is 9.46. The van der Waals surface area contributed by atoms with Crippen molar-refractivity contribution in [1.29, 1.82) is 0 Å². The van der Waals surface area contributed by atoms with Gasteiger partial charge >= 0.3 is 0 Å². The Kier molecular flexibility index (Phi) is 9.15. The minimum absolute atomic E-state index is 0. The molecule has 1 atom stereocenters. The summed E-state index contributed by atoms with van der Waals surface area (Å²) in [5, 5.41) is 3.56. The third-order valence-corrected chi connectivity index (χ3v) is 5.66. The van der Waals surface area contributed by atoms with Gasteiger partial charge in [-0.25, -0.2) is 0 Å². The Morgan fingerprint density at radius 2 is 2.15 bits per heavy atom. The summed E-state index contributed by atoms with van der Waals surface area (Å²) < 4.78 is 5.59. The summed E-state index contributed by atoms with van der Waals surface area (Å²) in [6, 6.07) is 6.60. The van der Waals surface area contributed by atoms with Gasteiger partial charge in [-0.2, -0.15) is 0 Å². The molecule has 1 aromatic carbocycles. The van der Waals surface area contributed by atoms with E-state index in [4.69, 9.17) is 4.74 Å². The fourth-order valence-electron chi connectivity index (χ4n) is 4.07. The Morgan fingerprint density at radius 3 is 2.89 bits per heavy atom. The molecule has 2 aliphatic heterocycles. The summed E-state index contributed by atoms with van der Waals surface area (Å²) in [6.07, 6.45) is 3.32. The molecular weight excluding hydrogens is 451 g/mol. The van der Waals surface area contributed by atoms with E-state index < -0.39 is 0 Å². The standard InChI is InChI=1S/C21H34N4O.HI/c1-4-24(5-2)15-18-9-12-25(16-18)21(22-3)23-11-8-17-6-7-20-19(14-17)10-13-26-20;/h6-7,14,18H,4-5,8-13,15-16H2,1-3H3,(H,22,23);1H. The van der Waals surface area contributed by atoms with Crippen molar-refractivity contribution in [3.63, 3.8) is 0 Å². The molecule has 0 amide bonds. The summed E-state index contributed by atoms with van der Waals surface area (Å²) in [5.41, 5.74) is 2.73. The van der Waals surface area contributed by atoms with E-state index in [9.17, 15) is 0 Å². The smallest absolute Gasteiger partial charge is 0.193 e. The second kappa shape index (κ2) is 11.1. The van der Waals surface area contributed by atoms with Gasteiger partial charge in [0, 0.05) is 39.6 Å². The average molecular weight is 486 g/mol. The fraction of sp³-hybridized carbons (Fsp3) is 0.667. The van der Waals surface area contributed by atoms with Gasteiger partial charge in [0.25, 0.3) is 0 Å². The minimum Gasteiger partial charge on any atom is -0.493 e. The molecule has 27 heavy (non-hydrogen) atoms. The molecule has 5 nitrogen and oxygen atoms in total. The Morgan fingerprint density at radius 1 is 1.33 bits per heavy atom. The highest BCUT2D eigenvalue weighted by molar-refractivity contribution is 14.0. The summed E-state index contributed by atoms with van der Waals surface area (Å²) in [5.74, 6) is 2.87. The van der Waals surface area contributed by atoms with Gasteiger partial charge in [0.1, 0.15) is 5.75 Å². The largest absolute Gasteiger partial charge is 0.493 e. The molecule has 3 rings (SSSR count). The fourth-order valence-corrected chi connectivity index (χ4v) is 4.07. The van der Waals surface area contributed by atoms with E-state index >= 15 is 0 Å². The van der Waals surface area contributed by atoms with Gasteiger partial charge in [-0.3, -0.25) is 4.99 Å². The third kappa shape index (κ3) is 5.98. The first-order chi connectivity index (χ1) is 12.7. The number of aliphatic imine (C=N–C) groups is 1. The molecule has 1 aromatic rings. The molecule has 1 unspecified atom stereocenters. The Bertz CT molecular complexity index is 618. The van der Waals surface area contributed by atoms with Crippen LogP contribution < -0.4 is 10.1 Å². The number of halogens is 1. The number of ether oxygens (including phenoxy) is 1. The molecule has 6 heteroatoms. The number of guanidine groups is 1. The van der Waals surface area contributed by atoms with E-state index in [0.29, 0.717) is 0 Å². The zero-order valence-electron chi connectivity index (χ0n) is 17.0. The first-order valence-electron chi connectivity index (χ1n) is 10.2. The molecule has 1 fully saturated rings. The maximum absolute atomic E-state index is 5.59. The maximum Gasteiger partial charge on any atom is 0.193 e. The van der Waals surface area contributed by atoms with E-state index in [0.717, 1.165) is 69.8 Å². The second-order valence-electron chi connectivity index (χ2n) is 7.35. The van der Waals surface area contributed by atoms with Crippen molar-refractivity contribution >= 4 is 29.9 Å². The molecule has 1 N–H and O–H groups in total. The normalized spacial score (nSPS) is 19.0. The molecule has 0 aromatic heterocycles. The maximum atomic E-state index is 5.59. The van der Waals surface area contributed by atoms with Gasteiger partial charge in [-0.15, -0.1) is 24.0 Å². The van der Waals surface area contributed by atoms with Crippen LogP contribution in [-0.4, -0.2) is 68.7 Å². The summed E-state index contributed by atoms with van der Waals surface area (Å²) >= 11 is 0. The first-order valence-corrected chi connectivity index (χ1v) is 10.2. The molecule has 1 saturated heterocycles. The average Bonchev–Trinajstić information content (AvgIpc) is 3.32. The lowest BCUT2D eigenvalue weighted by molar-refractivity contribution is 0.255. The topological polar surface area (TPSA) is 40.1 Å². The quantitative estimate of drug-likeness (QED) is 0.366. The number of benzene rings is 1. The van der Waals surface area contributed by atoms with E-state index in [1.165, 1.54) is 24.1 Å². The van der Waals surface area contributed by atoms with Crippen molar-refractivity contribution < 1.29 is 4.74 Å². The van der Waals surface area contributed by atoms with Crippen LogP contribution in [0, 0.1) is 5.92 Å². The van der Waals surface area contributed by atoms with Crippen LogP contribution in [-0.2, 0) is 12.8 Å². The highest BCUT2D eigenvalue weighted by Gasteiger charge is 2.25. The van der Waals surface area contributed by atoms with Crippen LogP contribution >= 0.6 is 24.0 Å². The van der Waals surface area contributed by atoms with Crippen LogP contribution in [0.1, 0.15) is 31.4 Å². The molecule has 2 heterocycles. The minimum atomic E-state index is 0. The van der Waals surface area contributed by atoms with Gasteiger partial charge in [0.05, 0.1) is 6.61 Å². The lowest BCUT2D eigenvalue weighted by atomic mass is 10.1. The van der Waals surface area contributed by atoms with Gasteiger partial charge in [-0.1, -0.05) is 26.0 Å². The number of rotatable bonds is 7. The van der Waals surface area contributed by atoms with Crippen LogP contribution in [0.3, 0.4) is 0 Å². The van der Waals surface area contributed by atoms with Crippen LogP contribution in [0.2, 0.25) is 0 Å². The number of hydrogen-bond donors (Lipinski definition) is 1. The molecule has 0 aliphatic carbocycles. The summed E-state index contributed by atoms with van der Waals surface area (Å²) in [6.45, 7) is 12.0. The Labute approximate surface area is 181 Å². The van der Waals surface area contributed by atoms with Crippen LogP contribution in [0.5, 0.6) is 5.75 Å². The van der Waals surface area contributed by atoms with Gasteiger partial charge < -0.3 is 19.9 Å². The molecule has 0 saturated carbocycles. The monoisotopic (exact) mass is 486 g/mol.